The average molecular weight is 620 g/mol. The molecule has 1 nitrogen and oxygen atoms in total. The van der Waals surface area contributed by atoms with E-state index >= 15 is 0 Å². The fraction of sp³-hybridized carbons (Fsp3) is 0.191. The van der Waals surface area contributed by atoms with Crippen LogP contribution in [0.1, 0.15) is 68.6 Å². The molecular weight excluding hydrogens is 579 g/mol. The van der Waals surface area contributed by atoms with Crippen LogP contribution in [0.2, 0.25) is 0 Å². The molecule has 2 aliphatic carbocycles. The minimum absolute atomic E-state index is 0.0912. The minimum atomic E-state index is -0.0912. The van der Waals surface area contributed by atoms with Crippen molar-refractivity contribution in [1.82, 2.24) is 0 Å². The summed E-state index contributed by atoms with van der Waals surface area (Å²) >= 11 is 0. The molecule has 0 unspecified atom stereocenters. The first-order valence-electron chi connectivity index (χ1n) is 17.7. The fourth-order valence-electron chi connectivity index (χ4n) is 8.70. The molecule has 1 heteroatoms. The summed E-state index contributed by atoms with van der Waals surface area (Å²) in [6.45, 7) is 4.86. The number of anilines is 3. The van der Waals surface area contributed by atoms with E-state index in [0.717, 1.165) is 5.69 Å². The van der Waals surface area contributed by atoms with Crippen LogP contribution in [0, 0.1) is 0 Å². The van der Waals surface area contributed by atoms with E-state index in [1.54, 1.807) is 5.56 Å². The molecule has 0 radical (unpaired) electrons. The van der Waals surface area contributed by atoms with Gasteiger partial charge in [-0.3, -0.25) is 0 Å². The summed E-state index contributed by atoms with van der Waals surface area (Å²) < 4.78 is 0. The maximum Gasteiger partial charge on any atom is 0.0546 e. The van der Waals surface area contributed by atoms with Gasteiger partial charge < -0.3 is 4.90 Å². The van der Waals surface area contributed by atoms with Crippen LogP contribution in [0.15, 0.2) is 146 Å². The number of fused-ring (bicyclic) bond motifs is 5. The quantitative estimate of drug-likeness (QED) is 0.185. The third-order valence-corrected chi connectivity index (χ3v) is 11.2. The van der Waals surface area contributed by atoms with Gasteiger partial charge in [-0.15, -0.1) is 0 Å². The van der Waals surface area contributed by atoms with Crippen LogP contribution in [-0.2, 0) is 5.41 Å². The standard InChI is InChI=1S/C47H41N/c1-47(2)43-23-13-22-40(33-15-5-3-6-16-33)46(43)41-27-26-39(31-44(41)47)48(38-25-24-32-14-9-10-19-35(32)28-38)45-30-37-21-12-11-20-36(37)29-42(45)34-17-7-4-8-18-34/h4,7-14,17-31,33H,3,5-6,15-16H2,1-2H3. The van der Waals surface area contributed by atoms with E-state index < -0.39 is 0 Å². The lowest BCUT2D eigenvalue weighted by molar-refractivity contribution is 0.444. The Hall–Kier alpha value is -5.14. The Bertz CT molecular complexity index is 2310. The van der Waals surface area contributed by atoms with E-state index in [-0.39, 0.29) is 5.41 Å². The molecule has 7 aromatic carbocycles. The summed E-state index contributed by atoms with van der Waals surface area (Å²) in [5, 5.41) is 4.99. The summed E-state index contributed by atoms with van der Waals surface area (Å²) in [6, 6.07) is 54.4. The fourth-order valence-corrected chi connectivity index (χ4v) is 8.70. The molecule has 48 heavy (non-hydrogen) atoms. The predicted octanol–water partition coefficient (Wildman–Crippen LogP) is 13.5. The maximum atomic E-state index is 2.50. The molecule has 0 heterocycles. The van der Waals surface area contributed by atoms with Crippen LogP contribution in [0.25, 0.3) is 43.8 Å². The number of nitrogens with zero attached hydrogens (tertiary/aromatic N) is 1. The van der Waals surface area contributed by atoms with Gasteiger partial charge in [0.1, 0.15) is 0 Å². The van der Waals surface area contributed by atoms with E-state index in [1.165, 1.54) is 98.4 Å². The zero-order valence-electron chi connectivity index (χ0n) is 27.9. The van der Waals surface area contributed by atoms with E-state index in [9.17, 15) is 0 Å². The van der Waals surface area contributed by atoms with Crippen LogP contribution in [0.4, 0.5) is 17.1 Å². The molecule has 234 valence electrons. The number of hydrogen-bond acceptors (Lipinski definition) is 1. The zero-order valence-corrected chi connectivity index (χ0v) is 27.9. The molecule has 0 N–H and O–H groups in total. The van der Waals surface area contributed by atoms with Crippen molar-refractivity contribution in [3.8, 4) is 22.3 Å². The summed E-state index contributed by atoms with van der Waals surface area (Å²) in [5.74, 6) is 0.662. The topological polar surface area (TPSA) is 3.24 Å². The molecule has 7 aromatic rings. The van der Waals surface area contributed by atoms with Crippen LogP contribution in [0.3, 0.4) is 0 Å². The Morgan fingerprint density at radius 3 is 1.92 bits per heavy atom. The number of benzene rings is 7. The molecular formula is C47H41N. The third kappa shape index (κ3) is 4.75. The van der Waals surface area contributed by atoms with Gasteiger partial charge in [0.15, 0.2) is 0 Å². The normalized spacial score (nSPS) is 15.4. The number of rotatable bonds is 5. The number of hydrogen-bond donors (Lipinski definition) is 0. The molecule has 1 saturated carbocycles. The summed E-state index contributed by atoms with van der Waals surface area (Å²) in [4.78, 5) is 2.50. The largest absolute Gasteiger partial charge is 0.310 e. The molecule has 0 aliphatic heterocycles. The highest BCUT2D eigenvalue weighted by Gasteiger charge is 2.38. The zero-order chi connectivity index (χ0) is 32.2. The van der Waals surface area contributed by atoms with Gasteiger partial charge in [-0.25, -0.2) is 0 Å². The lowest BCUT2D eigenvalue weighted by atomic mass is 9.78. The van der Waals surface area contributed by atoms with Crippen LogP contribution in [0.5, 0.6) is 0 Å². The van der Waals surface area contributed by atoms with Crippen molar-refractivity contribution >= 4 is 38.6 Å². The first-order valence-corrected chi connectivity index (χ1v) is 17.7. The summed E-state index contributed by atoms with van der Waals surface area (Å²) in [7, 11) is 0. The third-order valence-electron chi connectivity index (χ3n) is 11.2. The highest BCUT2D eigenvalue weighted by molar-refractivity contribution is 6.00. The van der Waals surface area contributed by atoms with E-state index in [4.69, 9.17) is 0 Å². The highest BCUT2D eigenvalue weighted by atomic mass is 15.1. The van der Waals surface area contributed by atoms with Crippen molar-refractivity contribution in [2.75, 3.05) is 4.90 Å². The SMILES string of the molecule is CC1(C)c2cc(N(c3ccc4ccccc4c3)c3cc4ccccc4cc3-c3ccccc3)ccc2-c2c(C3CCCCC3)cccc21. The van der Waals surface area contributed by atoms with Crippen molar-refractivity contribution in [3.05, 3.63) is 162 Å². The first-order chi connectivity index (χ1) is 23.6. The van der Waals surface area contributed by atoms with Crippen molar-refractivity contribution in [3.63, 3.8) is 0 Å². The molecule has 2 aliphatic rings. The molecule has 0 amide bonds. The Morgan fingerprint density at radius 1 is 0.500 bits per heavy atom. The maximum absolute atomic E-state index is 2.50. The van der Waals surface area contributed by atoms with Crippen LogP contribution < -0.4 is 4.90 Å². The second-order valence-electron chi connectivity index (χ2n) is 14.4. The van der Waals surface area contributed by atoms with Crippen LogP contribution >= 0.6 is 0 Å². The van der Waals surface area contributed by atoms with Crippen molar-refractivity contribution in [2.45, 2.75) is 57.3 Å². The van der Waals surface area contributed by atoms with E-state index in [1.807, 2.05) is 0 Å². The second-order valence-corrected chi connectivity index (χ2v) is 14.4. The van der Waals surface area contributed by atoms with Gasteiger partial charge in [-0.1, -0.05) is 142 Å². The highest BCUT2D eigenvalue weighted by Crippen LogP contribution is 2.54. The summed E-state index contributed by atoms with van der Waals surface area (Å²) in [5.41, 5.74) is 13.3. The van der Waals surface area contributed by atoms with E-state index in [2.05, 4.69) is 164 Å². The Morgan fingerprint density at radius 2 is 1.15 bits per heavy atom. The van der Waals surface area contributed by atoms with Gasteiger partial charge in [0, 0.05) is 22.4 Å². The van der Waals surface area contributed by atoms with E-state index in [0.29, 0.717) is 5.92 Å². The first kappa shape index (κ1) is 29.0. The van der Waals surface area contributed by atoms with Gasteiger partial charge in [-0.05, 0) is 110 Å². The molecule has 1 fully saturated rings. The minimum Gasteiger partial charge on any atom is -0.310 e. The molecule has 9 rings (SSSR count). The Kier molecular flexibility index (Phi) is 6.97. The van der Waals surface area contributed by atoms with Crippen molar-refractivity contribution in [1.29, 1.82) is 0 Å². The molecule has 0 saturated heterocycles. The molecule has 0 atom stereocenters. The summed E-state index contributed by atoms with van der Waals surface area (Å²) in [6.07, 6.45) is 6.69. The van der Waals surface area contributed by atoms with Crippen molar-refractivity contribution < 1.29 is 0 Å². The molecule has 0 spiro atoms. The molecule has 0 aromatic heterocycles. The predicted molar refractivity (Wildman–Crippen MR) is 205 cm³/mol. The Labute approximate surface area is 284 Å². The van der Waals surface area contributed by atoms with Gasteiger partial charge in [-0.2, -0.15) is 0 Å². The van der Waals surface area contributed by atoms with Gasteiger partial charge >= 0.3 is 0 Å². The second kappa shape index (κ2) is 11.5. The lowest BCUT2D eigenvalue weighted by Crippen LogP contribution is -2.17. The van der Waals surface area contributed by atoms with Crippen molar-refractivity contribution in [2.24, 2.45) is 0 Å². The van der Waals surface area contributed by atoms with Crippen LogP contribution in [-0.4, -0.2) is 0 Å². The lowest BCUT2D eigenvalue weighted by Gasteiger charge is -2.30. The monoisotopic (exact) mass is 619 g/mol. The average Bonchev–Trinajstić information content (AvgIpc) is 3.38. The van der Waals surface area contributed by atoms with Gasteiger partial charge in [0.05, 0.1) is 5.69 Å². The smallest absolute Gasteiger partial charge is 0.0546 e. The Balaban J connectivity index is 1.29. The van der Waals surface area contributed by atoms with Gasteiger partial charge in [0.25, 0.3) is 0 Å². The molecule has 0 bridgehead atoms. The van der Waals surface area contributed by atoms with Gasteiger partial charge in [0.2, 0.25) is 0 Å².